The molecule has 0 saturated carbocycles. The summed E-state index contributed by atoms with van der Waals surface area (Å²) in [7, 11) is 0. The Morgan fingerprint density at radius 3 is 2.47 bits per heavy atom. The quantitative estimate of drug-likeness (QED) is 0.743. The Hall–Kier alpha value is -0.350. The lowest BCUT2D eigenvalue weighted by molar-refractivity contribution is 0.451. The lowest BCUT2D eigenvalue weighted by Crippen LogP contribution is -2.29. The Kier molecular flexibility index (Phi) is 7.69. The third-order valence-electron chi connectivity index (χ3n) is 3.55. The molecule has 0 aromatic carbocycles. The molecule has 110 valence electrons. The Morgan fingerprint density at radius 1 is 1.21 bits per heavy atom. The highest BCUT2D eigenvalue weighted by Gasteiger charge is 2.15. The lowest BCUT2D eigenvalue weighted by atomic mass is 10.0. The number of nitrogens with zero attached hydrogens (tertiary/aromatic N) is 2. The van der Waals surface area contributed by atoms with Gasteiger partial charge in [-0.2, -0.15) is 5.10 Å². The van der Waals surface area contributed by atoms with E-state index in [2.05, 4.69) is 58.7 Å². The minimum Gasteiger partial charge on any atom is -0.314 e. The predicted molar refractivity (Wildman–Crippen MR) is 85.7 cm³/mol. The molecule has 0 fully saturated rings. The van der Waals surface area contributed by atoms with Gasteiger partial charge in [0.25, 0.3) is 0 Å². The molecule has 4 heteroatoms. The first-order valence-electron chi connectivity index (χ1n) is 7.65. The Balaban J connectivity index is 2.72. The number of nitrogens with one attached hydrogen (secondary N) is 1. The molecular formula is C15H28BrN3. The van der Waals surface area contributed by atoms with Crippen molar-refractivity contribution in [2.45, 2.75) is 72.4 Å². The second-order valence-electron chi connectivity index (χ2n) is 4.96. The van der Waals surface area contributed by atoms with Gasteiger partial charge in [-0.15, -0.1) is 0 Å². The van der Waals surface area contributed by atoms with Gasteiger partial charge in [-0.25, -0.2) is 0 Å². The summed E-state index contributed by atoms with van der Waals surface area (Å²) in [4.78, 5) is 0. The van der Waals surface area contributed by atoms with E-state index in [9.17, 15) is 0 Å². The highest BCUT2D eigenvalue weighted by Crippen LogP contribution is 2.24. The molecule has 3 nitrogen and oxygen atoms in total. The van der Waals surface area contributed by atoms with Gasteiger partial charge in [0.2, 0.25) is 0 Å². The van der Waals surface area contributed by atoms with E-state index in [0.717, 1.165) is 25.9 Å². The molecule has 0 spiro atoms. The van der Waals surface area contributed by atoms with E-state index in [1.54, 1.807) is 0 Å². The Morgan fingerprint density at radius 2 is 1.95 bits per heavy atom. The van der Waals surface area contributed by atoms with E-state index < -0.39 is 0 Å². The third kappa shape index (κ3) is 4.60. The fraction of sp³-hybridized carbons (Fsp3) is 0.800. The van der Waals surface area contributed by atoms with Crippen LogP contribution in [0.3, 0.4) is 0 Å². The molecule has 0 radical (unpaired) electrons. The fourth-order valence-corrected chi connectivity index (χ4v) is 3.32. The molecule has 0 bridgehead atoms. The third-order valence-corrected chi connectivity index (χ3v) is 4.47. The van der Waals surface area contributed by atoms with Crippen molar-refractivity contribution in [2.75, 3.05) is 6.54 Å². The molecule has 1 rings (SSSR count). The average Bonchev–Trinajstić information content (AvgIpc) is 2.72. The molecule has 1 heterocycles. The summed E-state index contributed by atoms with van der Waals surface area (Å²) in [6.07, 6.45) is 5.78. The summed E-state index contributed by atoms with van der Waals surface area (Å²) < 4.78 is 3.38. The van der Waals surface area contributed by atoms with Gasteiger partial charge in [0.1, 0.15) is 0 Å². The Bertz CT molecular complexity index is 368. The number of halogens is 1. The summed E-state index contributed by atoms with van der Waals surface area (Å²) >= 11 is 3.73. The molecule has 1 atom stereocenters. The maximum absolute atomic E-state index is 4.67. The molecule has 0 saturated heterocycles. The molecule has 1 N–H and O–H groups in total. The number of aryl methyl sites for hydroxylation is 2. The molecule has 0 aliphatic heterocycles. The molecule has 1 aromatic rings. The van der Waals surface area contributed by atoms with Crippen LogP contribution >= 0.6 is 15.9 Å². The average molecular weight is 330 g/mol. The van der Waals surface area contributed by atoms with Gasteiger partial charge in [0.05, 0.1) is 15.9 Å². The van der Waals surface area contributed by atoms with E-state index in [1.165, 1.54) is 35.1 Å². The lowest BCUT2D eigenvalue weighted by Gasteiger charge is -2.17. The van der Waals surface area contributed by atoms with Crippen LogP contribution < -0.4 is 5.32 Å². The van der Waals surface area contributed by atoms with Crippen molar-refractivity contribution in [1.82, 2.24) is 15.1 Å². The van der Waals surface area contributed by atoms with Crippen molar-refractivity contribution < 1.29 is 0 Å². The minimum atomic E-state index is 0.632. The predicted octanol–water partition coefficient (Wildman–Crippen LogP) is 3.94. The van der Waals surface area contributed by atoms with E-state index >= 15 is 0 Å². The van der Waals surface area contributed by atoms with E-state index in [0.29, 0.717) is 6.04 Å². The van der Waals surface area contributed by atoms with Crippen molar-refractivity contribution >= 4 is 15.9 Å². The molecule has 0 aliphatic carbocycles. The summed E-state index contributed by atoms with van der Waals surface area (Å²) in [5.41, 5.74) is 2.55. The van der Waals surface area contributed by atoms with Crippen LogP contribution in [0, 0.1) is 0 Å². The number of hydrogen-bond donors (Lipinski definition) is 1. The van der Waals surface area contributed by atoms with Crippen LogP contribution in [0.25, 0.3) is 0 Å². The molecule has 19 heavy (non-hydrogen) atoms. The van der Waals surface area contributed by atoms with Gasteiger partial charge in [0, 0.05) is 12.6 Å². The van der Waals surface area contributed by atoms with Crippen molar-refractivity contribution in [2.24, 2.45) is 0 Å². The van der Waals surface area contributed by atoms with Crippen molar-refractivity contribution in [3.8, 4) is 0 Å². The van der Waals surface area contributed by atoms with Crippen molar-refractivity contribution in [1.29, 1.82) is 0 Å². The van der Waals surface area contributed by atoms with Crippen molar-refractivity contribution in [3.63, 3.8) is 0 Å². The van der Waals surface area contributed by atoms with Crippen LogP contribution in [0.5, 0.6) is 0 Å². The van der Waals surface area contributed by atoms with Gasteiger partial charge in [-0.05, 0) is 55.1 Å². The molecule has 0 aliphatic rings. The van der Waals surface area contributed by atoms with Gasteiger partial charge in [-0.3, -0.25) is 4.68 Å². The normalized spacial score (nSPS) is 12.9. The maximum atomic E-state index is 4.67. The zero-order chi connectivity index (χ0) is 14.3. The molecule has 0 amide bonds. The van der Waals surface area contributed by atoms with Crippen LogP contribution in [0.2, 0.25) is 0 Å². The summed E-state index contributed by atoms with van der Waals surface area (Å²) in [6, 6.07) is 0.632. The summed E-state index contributed by atoms with van der Waals surface area (Å²) in [5, 5.41) is 8.25. The zero-order valence-electron chi connectivity index (χ0n) is 12.8. The molecule has 1 unspecified atom stereocenters. The highest BCUT2D eigenvalue weighted by atomic mass is 79.9. The second kappa shape index (κ2) is 8.75. The smallest absolute Gasteiger partial charge is 0.0766 e. The van der Waals surface area contributed by atoms with E-state index in [-0.39, 0.29) is 0 Å². The molecule has 1 aromatic heterocycles. The SMILES string of the molecule is CCCC(CCc1c(Br)c(CC)nn1CC)NCC. The second-order valence-corrected chi connectivity index (χ2v) is 5.75. The van der Waals surface area contributed by atoms with Crippen LogP contribution in [-0.4, -0.2) is 22.4 Å². The maximum Gasteiger partial charge on any atom is 0.0766 e. The first-order valence-corrected chi connectivity index (χ1v) is 8.44. The first kappa shape index (κ1) is 16.7. The van der Waals surface area contributed by atoms with Crippen LogP contribution in [-0.2, 0) is 19.4 Å². The van der Waals surface area contributed by atoms with Crippen LogP contribution in [0.1, 0.15) is 58.3 Å². The van der Waals surface area contributed by atoms with Gasteiger partial charge in [-0.1, -0.05) is 27.2 Å². The van der Waals surface area contributed by atoms with Crippen LogP contribution in [0.4, 0.5) is 0 Å². The largest absolute Gasteiger partial charge is 0.314 e. The number of rotatable bonds is 9. The fourth-order valence-electron chi connectivity index (χ4n) is 2.55. The van der Waals surface area contributed by atoms with Crippen molar-refractivity contribution in [3.05, 3.63) is 15.9 Å². The van der Waals surface area contributed by atoms with Gasteiger partial charge >= 0.3 is 0 Å². The van der Waals surface area contributed by atoms with Crippen LogP contribution in [0.15, 0.2) is 4.47 Å². The monoisotopic (exact) mass is 329 g/mol. The zero-order valence-corrected chi connectivity index (χ0v) is 14.4. The Labute approximate surface area is 126 Å². The van der Waals surface area contributed by atoms with E-state index in [4.69, 9.17) is 0 Å². The number of hydrogen-bond acceptors (Lipinski definition) is 2. The van der Waals surface area contributed by atoms with E-state index in [1.807, 2.05) is 0 Å². The highest BCUT2D eigenvalue weighted by molar-refractivity contribution is 9.10. The van der Waals surface area contributed by atoms with Gasteiger partial charge < -0.3 is 5.32 Å². The molecular weight excluding hydrogens is 302 g/mol. The topological polar surface area (TPSA) is 29.9 Å². The minimum absolute atomic E-state index is 0.632. The summed E-state index contributed by atoms with van der Waals surface area (Å²) in [5.74, 6) is 0. The van der Waals surface area contributed by atoms with Gasteiger partial charge in [0.15, 0.2) is 0 Å². The standard InChI is InChI=1S/C15H28BrN3/c1-5-9-12(17-7-3)10-11-14-15(16)13(6-2)18-19(14)8-4/h12,17H,5-11H2,1-4H3. The summed E-state index contributed by atoms with van der Waals surface area (Å²) in [6.45, 7) is 10.8. The number of aromatic nitrogens is 2. The first-order chi connectivity index (χ1) is 9.17.